The summed E-state index contributed by atoms with van der Waals surface area (Å²) >= 11 is 0. The topological polar surface area (TPSA) is 79.7 Å². The van der Waals surface area contributed by atoms with Crippen LogP contribution in [0.4, 0.5) is 0 Å². The van der Waals surface area contributed by atoms with Crippen molar-refractivity contribution in [3.63, 3.8) is 0 Å². The van der Waals surface area contributed by atoms with Gasteiger partial charge in [0.05, 0.1) is 0 Å². The number of sulfonamides is 1. The summed E-state index contributed by atoms with van der Waals surface area (Å²) in [6.45, 7) is 2.92. The lowest BCUT2D eigenvalue weighted by Crippen LogP contribution is -2.42. The summed E-state index contributed by atoms with van der Waals surface area (Å²) in [5, 5.41) is 0.743. The number of pyridine rings is 1. The van der Waals surface area contributed by atoms with Gasteiger partial charge in [-0.2, -0.15) is 4.31 Å². The molecule has 0 bridgehead atoms. The summed E-state index contributed by atoms with van der Waals surface area (Å²) in [5.41, 5.74) is -0.336. The van der Waals surface area contributed by atoms with Gasteiger partial charge in [-0.05, 0) is 37.7 Å². The maximum absolute atomic E-state index is 13.6. The Labute approximate surface area is 190 Å². The number of piperidine rings is 1. The average Bonchev–Trinajstić information content (AvgIpc) is 2.81. The molecule has 32 heavy (non-hydrogen) atoms. The molecule has 2 fully saturated rings. The molecule has 174 valence electrons. The zero-order chi connectivity index (χ0) is 22.9. The van der Waals surface area contributed by atoms with Crippen molar-refractivity contribution in [3.05, 3.63) is 40.8 Å². The Morgan fingerprint density at radius 3 is 2.31 bits per heavy atom. The summed E-state index contributed by atoms with van der Waals surface area (Å²) < 4.78 is 29.9. The first-order valence-corrected chi connectivity index (χ1v) is 13.1. The van der Waals surface area contributed by atoms with Crippen molar-refractivity contribution in [3.8, 4) is 0 Å². The van der Waals surface area contributed by atoms with Crippen molar-refractivity contribution in [1.29, 1.82) is 0 Å². The van der Waals surface area contributed by atoms with E-state index in [1.54, 1.807) is 36.2 Å². The van der Waals surface area contributed by atoms with E-state index in [1.165, 1.54) is 21.5 Å². The van der Waals surface area contributed by atoms with Crippen LogP contribution in [0.5, 0.6) is 0 Å². The normalized spacial score (nSPS) is 19.3. The van der Waals surface area contributed by atoms with Gasteiger partial charge in [0.1, 0.15) is 11.4 Å². The van der Waals surface area contributed by atoms with Crippen LogP contribution in [0.2, 0.25) is 0 Å². The molecule has 0 spiro atoms. The first-order valence-electron chi connectivity index (χ1n) is 11.7. The molecule has 2 heterocycles. The maximum atomic E-state index is 13.6. The van der Waals surface area contributed by atoms with Crippen molar-refractivity contribution in [2.45, 2.75) is 69.4 Å². The summed E-state index contributed by atoms with van der Waals surface area (Å²) in [7, 11) is -1.99. The Morgan fingerprint density at radius 1 is 1.03 bits per heavy atom. The van der Waals surface area contributed by atoms with Gasteiger partial charge in [0, 0.05) is 43.1 Å². The second-order valence-electron chi connectivity index (χ2n) is 9.36. The van der Waals surface area contributed by atoms with Crippen LogP contribution in [0.15, 0.2) is 40.2 Å². The zero-order valence-corrected chi connectivity index (χ0v) is 19.8. The van der Waals surface area contributed by atoms with Crippen molar-refractivity contribution in [2.75, 3.05) is 20.1 Å². The number of benzene rings is 1. The van der Waals surface area contributed by atoms with Gasteiger partial charge in [-0.15, -0.1) is 0 Å². The lowest BCUT2D eigenvalue weighted by Gasteiger charge is -2.31. The molecule has 7 nitrogen and oxygen atoms in total. The molecule has 1 aliphatic heterocycles. The summed E-state index contributed by atoms with van der Waals surface area (Å²) in [4.78, 5) is 28.0. The Hall–Kier alpha value is -2.19. The highest BCUT2D eigenvalue weighted by atomic mass is 32.2. The van der Waals surface area contributed by atoms with Crippen LogP contribution in [-0.2, 0) is 21.4 Å². The fourth-order valence-electron chi connectivity index (χ4n) is 4.93. The van der Waals surface area contributed by atoms with Gasteiger partial charge < -0.3 is 9.47 Å². The Morgan fingerprint density at radius 2 is 1.66 bits per heavy atom. The van der Waals surface area contributed by atoms with Gasteiger partial charge in [-0.1, -0.05) is 44.4 Å². The van der Waals surface area contributed by atoms with Crippen LogP contribution in [0.1, 0.15) is 51.9 Å². The van der Waals surface area contributed by atoms with Crippen LogP contribution in [0.25, 0.3) is 10.8 Å². The highest BCUT2D eigenvalue weighted by molar-refractivity contribution is 7.89. The first-order chi connectivity index (χ1) is 15.3. The van der Waals surface area contributed by atoms with Crippen LogP contribution in [0, 0.1) is 5.92 Å². The number of carbonyl (C=O) groups excluding carboxylic acids is 1. The first kappa shape index (κ1) is 23.0. The molecule has 1 aliphatic carbocycles. The number of rotatable bonds is 5. The largest absolute Gasteiger partial charge is 0.341 e. The molecule has 2 aliphatic rings. The van der Waals surface area contributed by atoms with Gasteiger partial charge in [-0.3, -0.25) is 9.59 Å². The molecule has 0 unspecified atom stereocenters. The van der Waals surface area contributed by atoms with E-state index >= 15 is 0 Å². The third-order valence-corrected chi connectivity index (χ3v) is 9.06. The predicted octanol–water partition coefficient (Wildman–Crippen LogP) is 3.21. The van der Waals surface area contributed by atoms with Crippen molar-refractivity contribution in [1.82, 2.24) is 13.8 Å². The molecule has 8 heteroatoms. The molecule has 1 aromatic carbocycles. The maximum Gasteiger partial charge on any atom is 0.258 e. The quantitative estimate of drug-likeness (QED) is 0.688. The number of likely N-dealkylation sites (N-methyl/N-ethyl adjacent to an activating group) is 1. The number of carbonyl (C=O) groups is 1. The van der Waals surface area contributed by atoms with E-state index in [9.17, 15) is 18.0 Å². The van der Waals surface area contributed by atoms with Gasteiger partial charge >= 0.3 is 0 Å². The second kappa shape index (κ2) is 9.35. The van der Waals surface area contributed by atoms with Gasteiger partial charge in [0.25, 0.3) is 5.56 Å². The Bertz CT molecular complexity index is 1140. The molecular weight excluding hydrogens is 426 g/mol. The SMILES string of the molecule is CC1CCN(S(=O)(=O)c2cn(CC(=O)N(C)C3CCCCC3)c(=O)c3ccccc23)CC1. The summed E-state index contributed by atoms with van der Waals surface area (Å²) in [6.07, 6.45) is 8.38. The molecule has 1 aromatic heterocycles. The van der Waals surface area contributed by atoms with Crippen LogP contribution in [-0.4, -0.2) is 54.3 Å². The summed E-state index contributed by atoms with van der Waals surface area (Å²) in [6, 6.07) is 6.97. The molecule has 0 atom stereocenters. The minimum Gasteiger partial charge on any atom is -0.341 e. The van der Waals surface area contributed by atoms with Gasteiger partial charge in [0.15, 0.2) is 0 Å². The highest BCUT2D eigenvalue weighted by Crippen LogP contribution is 2.28. The second-order valence-corrected chi connectivity index (χ2v) is 11.3. The number of fused-ring (bicyclic) bond motifs is 1. The van der Waals surface area contributed by atoms with E-state index < -0.39 is 10.0 Å². The smallest absolute Gasteiger partial charge is 0.258 e. The number of amides is 1. The number of hydrogen-bond acceptors (Lipinski definition) is 4. The standard InChI is InChI=1S/C24H33N3O4S/c1-18-12-14-27(15-13-18)32(30,31)22-16-26(24(29)21-11-7-6-10-20(21)22)17-23(28)25(2)19-8-4-3-5-9-19/h6-7,10-11,16,18-19H,3-5,8-9,12-15,17H2,1-2H3. The molecule has 0 N–H and O–H groups in total. The van der Waals surface area contributed by atoms with Gasteiger partial charge in [-0.25, -0.2) is 8.42 Å². The molecular formula is C24H33N3O4S. The van der Waals surface area contributed by atoms with Crippen molar-refractivity contribution in [2.24, 2.45) is 5.92 Å². The van der Waals surface area contributed by atoms with Crippen molar-refractivity contribution < 1.29 is 13.2 Å². The third-order valence-electron chi connectivity index (χ3n) is 7.14. The predicted molar refractivity (Wildman–Crippen MR) is 125 cm³/mol. The van der Waals surface area contributed by atoms with E-state index in [4.69, 9.17) is 0 Å². The van der Waals surface area contributed by atoms with Crippen molar-refractivity contribution >= 4 is 26.7 Å². The van der Waals surface area contributed by atoms with Gasteiger partial charge in [0.2, 0.25) is 15.9 Å². The van der Waals surface area contributed by atoms with E-state index in [0.29, 0.717) is 29.8 Å². The van der Waals surface area contributed by atoms with Crippen LogP contribution < -0.4 is 5.56 Å². The monoisotopic (exact) mass is 459 g/mol. The minimum absolute atomic E-state index is 0.107. The Kier molecular flexibility index (Phi) is 6.72. The zero-order valence-electron chi connectivity index (χ0n) is 19.0. The fourth-order valence-corrected chi connectivity index (χ4v) is 6.61. The molecule has 1 saturated carbocycles. The number of nitrogens with zero attached hydrogens (tertiary/aromatic N) is 3. The number of aromatic nitrogens is 1. The number of hydrogen-bond donors (Lipinski definition) is 0. The lowest BCUT2D eigenvalue weighted by molar-refractivity contribution is -0.133. The molecule has 2 aromatic rings. The summed E-state index contributed by atoms with van der Waals surface area (Å²) in [5.74, 6) is 0.338. The third kappa shape index (κ3) is 4.48. The van der Waals surface area contributed by atoms with E-state index in [-0.39, 0.29) is 28.9 Å². The van der Waals surface area contributed by atoms with E-state index in [1.807, 2.05) is 0 Å². The molecule has 4 rings (SSSR count). The average molecular weight is 460 g/mol. The lowest BCUT2D eigenvalue weighted by atomic mass is 9.94. The molecule has 1 amide bonds. The molecule has 0 radical (unpaired) electrons. The molecule has 1 saturated heterocycles. The van der Waals surface area contributed by atoms with Crippen LogP contribution >= 0.6 is 0 Å². The fraction of sp³-hybridized carbons (Fsp3) is 0.583. The highest BCUT2D eigenvalue weighted by Gasteiger charge is 2.31. The Balaban J connectivity index is 1.70. The van der Waals surface area contributed by atoms with E-state index in [2.05, 4.69) is 6.92 Å². The van der Waals surface area contributed by atoms with E-state index in [0.717, 1.165) is 38.5 Å². The van der Waals surface area contributed by atoms with Crippen LogP contribution in [0.3, 0.4) is 0 Å². The minimum atomic E-state index is -3.78.